The molecule has 0 fully saturated rings. The van der Waals surface area contributed by atoms with Crippen LogP contribution in [-0.2, 0) is 5.31 Å². The molecule has 0 spiro atoms. The van der Waals surface area contributed by atoms with Gasteiger partial charge in [-0.25, -0.2) is 22.0 Å². The minimum Gasteiger partial charge on any atom is -0.203 e. The summed E-state index contributed by atoms with van der Waals surface area (Å²) in [5.41, 5.74) is -0.744. The van der Waals surface area contributed by atoms with Crippen LogP contribution in [0.3, 0.4) is 0 Å². The van der Waals surface area contributed by atoms with Crippen molar-refractivity contribution in [2.24, 2.45) is 0 Å². The van der Waals surface area contributed by atoms with E-state index in [0.717, 1.165) is 0 Å². The normalized spacial score (nSPS) is 11.8. The van der Waals surface area contributed by atoms with Crippen molar-refractivity contribution in [2.75, 3.05) is 0 Å². The van der Waals surface area contributed by atoms with Gasteiger partial charge in [-0.15, -0.1) is 0 Å². The largest absolute Gasteiger partial charge is 0.203 e. The van der Waals surface area contributed by atoms with Crippen LogP contribution in [0, 0.1) is 29.1 Å². The predicted molar refractivity (Wildman–Crippen MR) is 60.1 cm³/mol. The van der Waals surface area contributed by atoms with Crippen LogP contribution in [0.4, 0.5) is 22.0 Å². The second-order valence-corrected chi connectivity index (χ2v) is 4.10. The first-order valence-electron chi connectivity index (χ1n) is 5.68. The van der Waals surface area contributed by atoms with E-state index in [2.05, 4.69) is 0 Å². The molecule has 0 saturated carbocycles. The standard InChI is InChI=1S/C12H13BF5/c1-4-12(5-2,13-3)6-7(14)9(16)11(18)10(17)8(6)15/h4-5H2,1-3H3. The second-order valence-electron chi connectivity index (χ2n) is 4.10. The maximum Gasteiger partial charge on any atom is 0.200 e. The Bertz CT molecular complexity index is 417. The van der Waals surface area contributed by atoms with Gasteiger partial charge in [0.15, 0.2) is 23.3 Å². The molecule has 0 heterocycles. The topological polar surface area (TPSA) is 0 Å². The lowest BCUT2D eigenvalue weighted by molar-refractivity contribution is 0.353. The van der Waals surface area contributed by atoms with Gasteiger partial charge in [-0.05, 0) is 5.31 Å². The van der Waals surface area contributed by atoms with Crippen molar-refractivity contribution in [1.82, 2.24) is 0 Å². The average Bonchev–Trinajstić information content (AvgIpc) is 2.39. The third-order valence-electron chi connectivity index (χ3n) is 3.52. The zero-order valence-electron chi connectivity index (χ0n) is 10.4. The molecule has 6 heteroatoms. The highest BCUT2D eigenvalue weighted by Gasteiger charge is 2.37. The van der Waals surface area contributed by atoms with Gasteiger partial charge in [0.25, 0.3) is 0 Å². The van der Waals surface area contributed by atoms with Crippen molar-refractivity contribution < 1.29 is 22.0 Å². The molecule has 0 saturated heterocycles. The van der Waals surface area contributed by atoms with E-state index in [9.17, 15) is 22.0 Å². The van der Waals surface area contributed by atoms with Gasteiger partial charge < -0.3 is 0 Å². The van der Waals surface area contributed by atoms with E-state index in [1.54, 1.807) is 20.7 Å². The van der Waals surface area contributed by atoms with Crippen molar-refractivity contribution >= 4 is 7.28 Å². The van der Waals surface area contributed by atoms with Crippen molar-refractivity contribution in [3.05, 3.63) is 34.6 Å². The van der Waals surface area contributed by atoms with Gasteiger partial charge in [0.1, 0.15) is 7.28 Å². The molecule has 1 radical (unpaired) electrons. The highest BCUT2D eigenvalue weighted by atomic mass is 19.2. The van der Waals surface area contributed by atoms with E-state index in [4.69, 9.17) is 0 Å². The van der Waals surface area contributed by atoms with Gasteiger partial charge in [0, 0.05) is 5.56 Å². The lowest BCUT2D eigenvalue weighted by Crippen LogP contribution is -2.34. The highest BCUT2D eigenvalue weighted by Crippen LogP contribution is 2.37. The molecule has 0 aliphatic heterocycles. The second kappa shape index (κ2) is 5.28. The molecule has 1 aromatic rings. The van der Waals surface area contributed by atoms with Crippen molar-refractivity contribution in [3.8, 4) is 0 Å². The highest BCUT2D eigenvalue weighted by molar-refractivity contribution is 6.38. The first-order valence-corrected chi connectivity index (χ1v) is 5.68. The smallest absolute Gasteiger partial charge is 0.200 e. The Kier molecular flexibility index (Phi) is 4.40. The van der Waals surface area contributed by atoms with E-state index >= 15 is 0 Å². The summed E-state index contributed by atoms with van der Waals surface area (Å²) in [6.45, 7) is 4.83. The Morgan fingerprint density at radius 2 is 1.11 bits per heavy atom. The molecule has 1 aromatic carbocycles. The first kappa shape index (κ1) is 15.0. The van der Waals surface area contributed by atoms with Crippen LogP contribution in [0.15, 0.2) is 0 Å². The minimum absolute atomic E-state index is 0.248. The lowest BCUT2D eigenvalue weighted by Gasteiger charge is -2.31. The summed E-state index contributed by atoms with van der Waals surface area (Å²) >= 11 is 0. The molecule has 0 nitrogen and oxygen atoms in total. The summed E-state index contributed by atoms with van der Waals surface area (Å²) in [6.07, 6.45) is 0.497. The molecule has 0 aliphatic rings. The summed E-state index contributed by atoms with van der Waals surface area (Å²) in [7, 11) is 1.48. The predicted octanol–water partition coefficient (Wildman–Crippen LogP) is 4.15. The number of benzene rings is 1. The van der Waals surface area contributed by atoms with E-state index in [0.29, 0.717) is 0 Å². The van der Waals surface area contributed by atoms with Gasteiger partial charge in [-0.3, -0.25) is 0 Å². The molecule has 0 N–H and O–H groups in total. The van der Waals surface area contributed by atoms with Crippen molar-refractivity contribution in [1.29, 1.82) is 0 Å². The SMILES string of the molecule is C[B]C(CC)(CC)c1c(F)c(F)c(F)c(F)c1F. The number of hydrogen-bond acceptors (Lipinski definition) is 0. The minimum atomic E-state index is -2.12. The summed E-state index contributed by atoms with van der Waals surface area (Å²) in [5, 5.41) is -1.15. The zero-order chi connectivity index (χ0) is 14.1. The summed E-state index contributed by atoms with van der Waals surface area (Å²) in [4.78, 5) is 0. The van der Waals surface area contributed by atoms with Gasteiger partial charge in [-0.1, -0.05) is 33.5 Å². The van der Waals surface area contributed by atoms with Crippen molar-refractivity contribution in [3.63, 3.8) is 0 Å². The molecule has 1 rings (SSSR count). The zero-order valence-corrected chi connectivity index (χ0v) is 10.4. The Hall–Kier alpha value is -1.07. The average molecular weight is 263 g/mol. The first-order chi connectivity index (χ1) is 8.36. The number of halogens is 5. The lowest BCUT2D eigenvalue weighted by atomic mass is 9.48. The molecule has 0 aliphatic carbocycles. The molecule has 0 unspecified atom stereocenters. The van der Waals surface area contributed by atoms with Crippen molar-refractivity contribution in [2.45, 2.75) is 38.8 Å². The Morgan fingerprint density at radius 3 is 1.39 bits per heavy atom. The Morgan fingerprint density at radius 1 is 0.778 bits per heavy atom. The fraction of sp³-hybridized carbons (Fsp3) is 0.500. The monoisotopic (exact) mass is 263 g/mol. The molecule has 18 heavy (non-hydrogen) atoms. The molecule has 0 atom stereocenters. The quantitative estimate of drug-likeness (QED) is 0.331. The van der Waals surface area contributed by atoms with Crippen LogP contribution in [0.2, 0.25) is 6.82 Å². The number of rotatable bonds is 4. The Labute approximate surface area is 103 Å². The van der Waals surface area contributed by atoms with Crippen LogP contribution < -0.4 is 0 Å². The van der Waals surface area contributed by atoms with E-state index in [1.807, 2.05) is 0 Å². The summed E-state index contributed by atoms with van der Waals surface area (Å²) < 4.78 is 66.7. The summed E-state index contributed by atoms with van der Waals surface area (Å²) in [5.74, 6) is -9.39. The van der Waals surface area contributed by atoms with E-state index in [1.165, 1.54) is 7.28 Å². The molecule has 0 aromatic heterocycles. The molecule has 0 amide bonds. The van der Waals surface area contributed by atoms with Gasteiger partial charge >= 0.3 is 0 Å². The molecular weight excluding hydrogens is 250 g/mol. The van der Waals surface area contributed by atoms with Gasteiger partial charge in [0.05, 0.1) is 0 Å². The molecule has 0 bridgehead atoms. The van der Waals surface area contributed by atoms with Gasteiger partial charge in [0.2, 0.25) is 5.82 Å². The van der Waals surface area contributed by atoms with Crippen LogP contribution in [0.25, 0.3) is 0 Å². The third kappa shape index (κ3) is 2.02. The number of hydrogen-bond donors (Lipinski definition) is 0. The maximum absolute atomic E-state index is 13.7. The van der Waals surface area contributed by atoms with Crippen LogP contribution in [0.5, 0.6) is 0 Å². The van der Waals surface area contributed by atoms with Crippen LogP contribution >= 0.6 is 0 Å². The van der Waals surface area contributed by atoms with Crippen LogP contribution in [0.1, 0.15) is 32.3 Å². The summed E-state index contributed by atoms with van der Waals surface area (Å²) in [6, 6.07) is 0. The van der Waals surface area contributed by atoms with Crippen LogP contribution in [-0.4, -0.2) is 7.28 Å². The fourth-order valence-corrected chi connectivity index (χ4v) is 2.20. The Balaban J connectivity index is 3.69. The molecule has 99 valence electrons. The van der Waals surface area contributed by atoms with Gasteiger partial charge in [-0.2, -0.15) is 0 Å². The molecular formula is C12H13BF5. The van der Waals surface area contributed by atoms with E-state index < -0.39 is 40.0 Å². The fourth-order valence-electron chi connectivity index (χ4n) is 2.20. The van der Waals surface area contributed by atoms with E-state index in [-0.39, 0.29) is 12.8 Å². The third-order valence-corrected chi connectivity index (χ3v) is 3.52. The maximum atomic E-state index is 13.7.